The lowest BCUT2D eigenvalue weighted by atomic mass is 10.1. The molecular weight excluding hydrogens is 200 g/mol. The molecule has 1 aliphatic heterocycles. The molecule has 0 amide bonds. The molecule has 0 aliphatic carbocycles. The number of likely N-dealkylation sites (tertiary alicyclic amines) is 1. The molecule has 0 bridgehead atoms. The van der Waals surface area contributed by atoms with Gasteiger partial charge in [-0.25, -0.2) is 4.98 Å². The summed E-state index contributed by atoms with van der Waals surface area (Å²) in [5, 5.41) is 0. The highest BCUT2D eigenvalue weighted by Gasteiger charge is 2.17. The second-order valence-electron chi connectivity index (χ2n) is 4.72. The van der Waals surface area contributed by atoms with Crippen LogP contribution < -0.4 is 5.73 Å². The number of aromatic nitrogens is 2. The van der Waals surface area contributed by atoms with E-state index in [1.54, 1.807) is 0 Å². The minimum absolute atomic E-state index is 0.358. The first kappa shape index (κ1) is 11.6. The van der Waals surface area contributed by atoms with Gasteiger partial charge in [0.2, 0.25) is 0 Å². The zero-order chi connectivity index (χ0) is 11.4. The predicted octanol–water partition coefficient (Wildman–Crippen LogP) is 1.22. The zero-order valence-corrected chi connectivity index (χ0v) is 10.1. The average Bonchev–Trinajstić information content (AvgIpc) is 2.66. The second kappa shape index (κ2) is 5.46. The summed E-state index contributed by atoms with van der Waals surface area (Å²) in [4.78, 5) is 6.67. The van der Waals surface area contributed by atoms with Crippen molar-refractivity contribution in [2.75, 3.05) is 13.1 Å². The summed E-state index contributed by atoms with van der Waals surface area (Å²) in [7, 11) is 0. The van der Waals surface area contributed by atoms with Gasteiger partial charge < -0.3 is 10.3 Å². The normalized spacial score (nSPS) is 22.5. The highest BCUT2D eigenvalue weighted by molar-refractivity contribution is 4.99. The third-order valence-electron chi connectivity index (χ3n) is 3.19. The lowest BCUT2D eigenvalue weighted by Crippen LogP contribution is -2.42. The number of nitrogens with two attached hydrogens (primary N) is 1. The highest BCUT2D eigenvalue weighted by atomic mass is 15.2. The van der Waals surface area contributed by atoms with Gasteiger partial charge in [0.05, 0.1) is 12.0 Å². The van der Waals surface area contributed by atoms with Crippen LogP contribution in [0.15, 0.2) is 12.5 Å². The first-order valence-corrected chi connectivity index (χ1v) is 6.26. The van der Waals surface area contributed by atoms with E-state index in [9.17, 15) is 0 Å². The van der Waals surface area contributed by atoms with E-state index in [1.807, 2.05) is 12.5 Å². The molecule has 1 aromatic heterocycles. The molecule has 2 N–H and O–H groups in total. The summed E-state index contributed by atoms with van der Waals surface area (Å²) in [6, 6.07) is 0.358. The van der Waals surface area contributed by atoms with Gasteiger partial charge >= 0.3 is 0 Å². The molecule has 1 fully saturated rings. The van der Waals surface area contributed by atoms with Gasteiger partial charge in [-0.3, -0.25) is 4.90 Å². The Morgan fingerprint density at radius 3 is 3.19 bits per heavy atom. The van der Waals surface area contributed by atoms with Crippen molar-refractivity contribution in [3.63, 3.8) is 0 Å². The fraction of sp³-hybridized carbons (Fsp3) is 0.750. The molecule has 1 aromatic rings. The monoisotopic (exact) mass is 222 g/mol. The molecule has 1 unspecified atom stereocenters. The molecule has 2 rings (SSSR count). The van der Waals surface area contributed by atoms with Crippen LogP contribution >= 0.6 is 0 Å². The zero-order valence-electron chi connectivity index (χ0n) is 10.1. The van der Waals surface area contributed by atoms with Crippen LogP contribution in [0.5, 0.6) is 0 Å². The summed E-state index contributed by atoms with van der Waals surface area (Å²) in [6.07, 6.45) is 7.47. The van der Waals surface area contributed by atoms with E-state index < -0.39 is 0 Å². The number of hydrogen-bond acceptors (Lipinski definition) is 3. The highest BCUT2D eigenvalue weighted by Crippen LogP contribution is 2.12. The Morgan fingerprint density at radius 1 is 1.56 bits per heavy atom. The summed E-state index contributed by atoms with van der Waals surface area (Å²) >= 11 is 0. The SMILES string of the molecule is CCCn1cncc1CN1CCCC(N)C1. The van der Waals surface area contributed by atoms with Gasteiger partial charge in [-0.2, -0.15) is 0 Å². The van der Waals surface area contributed by atoms with E-state index in [-0.39, 0.29) is 0 Å². The number of nitrogens with zero attached hydrogens (tertiary/aromatic N) is 3. The Labute approximate surface area is 97.4 Å². The molecule has 0 saturated carbocycles. The maximum Gasteiger partial charge on any atom is 0.0948 e. The van der Waals surface area contributed by atoms with E-state index in [2.05, 4.69) is 21.4 Å². The van der Waals surface area contributed by atoms with Gasteiger partial charge in [0, 0.05) is 31.9 Å². The molecule has 2 heterocycles. The van der Waals surface area contributed by atoms with Crippen LogP contribution in [0.2, 0.25) is 0 Å². The first-order chi connectivity index (χ1) is 7.79. The summed E-state index contributed by atoms with van der Waals surface area (Å²) in [5.41, 5.74) is 7.30. The minimum Gasteiger partial charge on any atom is -0.333 e. The molecule has 0 radical (unpaired) electrons. The van der Waals surface area contributed by atoms with Crippen molar-refractivity contribution in [3.8, 4) is 0 Å². The Kier molecular flexibility index (Phi) is 3.96. The van der Waals surface area contributed by atoms with Crippen LogP contribution in [-0.2, 0) is 13.1 Å². The second-order valence-corrected chi connectivity index (χ2v) is 4.72. The van der Waals surface area contributed by atoms with Crippen molar-refractivity contribution in [1.82, 2.24) is 14.5 Å². The standard InChI is InChI=1S/C12H22N4/c1-2-5-16-10-14-7-12(16)9-15-6-3-4-11(13)8-15/h7,10-11H,2-6,8-9,13H2,1H3. The Bertz CT molecular complexity index is 321. The fourth-order valence-corrected chi connectivity index (χ4v) is 2.39. The van der Waals surface area contributed by atoms with Crippen molar-refractivity contribution < 1.29 is 0 Å². The number of aryl methyl sites for hydroxylation is 1. The van der Waals surface area contributed by atoms with Crippen molar-refractivity contribution >= 4 is 0 Å². The van der Waals surface area contributed by atoms with E-state index in [0.717, 1.165) is 26.1 Å². The molecule has 1 saturated heterocycles. The van der Waals surface area contributed by atoms with Gasteiger partial charge in [0.15, 0.2) is 0 Å². The summed E-state index contributed by atoms with van der Waals surface area (Å²) < 4.78 is 2.25. The number of rotatable bonds is 4. The number of hydrogen-bond donors (Lipinski definition) is 1. The lowest BCUT2D eigenvalue weighted by Gasteiger charge is -2.30. The van der Waals surface area contributed by atoms with Crippen LogP contribution in [-0.4, -0.2) is 33.6 Å². The summed E-state index contributed by atoms with van der Waals surface area (Å²) in [6.45, 7) is 6.45. The number of imidazole rings is 1. The Morgan fingerprint density at radius 2 is 2.44 bits per heavy atom. The number of piperidine rings is 1. The molecule has 16 heavy (non-hydrogen) atoms. The van der Waals surface area contributed by atoms with Gasteiger partial charge in [-0.1, -0.05) is 6.92 Å². The molecule has 90 valence electrons. The lowest BCUT2D eigenvalue weighted by molar-refractivity contribution is 0.197. The molecule has 1 atom stereocenters. The quantitative estimate of drug-likeness (QED) is 0.833. The average molecular weight is 222 g/mol. The van der Waals surface area contributed by atoms with Gasteiger partial charge in [-0.05, 0) is 25.8 Å². The molecule has 4 nitrogen and oxygen atoms in total. The van der Waals surface area contributed by atoms with Crippen LogP contribution in [0.1, 0.15) is 31.9 Å². The van der Waals surface area contributed by atoms with Crippen LogP contribution in [0.25, 0.3) is 0 Å². The smallest absolute Gasteiger partial charge is 0.0948 e. The van der Waals surface area contributed by atoms with Crippen LogP contribution in [0.3, 0.4) is 0 Å². The third kappa shape index (κ3) is 2.83. The maximum atomic E-state index is 5.99. The largest absolute Gasteiger partial charge is 0.333 e. The molecule has 0 aromatic carbocycles. The molecule has 1 aliphatic rings. The topological polar surface area (TPSA) is 47.1 Å². The molecular formula is C12H22N4. The van der Waals surface area contributed by atoms with Gasteiger partial charge in [0.25, 0.3) is 0 Å². The van der Waals surface area contributed by atoms with Gasteiger partial charge in [-0.15, -0.1) is 0 Å². The maximum absolute atomic E-state index is 5.99. The first-order valence-electron chi connectivity index (χ1n) is 6.26. The molecule has 4 heteroatoms. The van der Waals surface area contributed by atoms with Crippen molar-refractivity contribution in [3.05, 3.63) is 18.2 Å². The van der Waals surface area contributed by atoms with E-state index in [1.165, 1.54) is 25.1 Å². The molecule has 0 spiro atoms. The Hall–Kier alpha value is -0.870. The summed E-state index contributed by atoms with van der Waals surface area (Å²) in [5.74, 6) is 0. The van der Waals surface area contributed by atoms with Crippen molar-refractivity contribution in [2.45, 2.75) is 45.3 Å². The van der Waals surface area contributed by atoms with Crippen LogP contribution in [0.4, 0.5) is 0 Å². The van der Waals surface area contributed by atoms with Crippen molar-refractivity contribution in [2.24, 2.45) is 5.73 Å². The Balaban J connectivity index is 1.94. The van der Waals surface area contributed by atoms with E-state index in [4.69, 9.17) is 5.73 Å². The minimum atomic E-state index is 0.358. The van der Waals surface area contributed by atoms with Gasteiger partial charge in [0.1, 0.15) is 0 Å². The van der Waals surface area contributed by atoms with E-state index >= 15 is 0 Å². The van der Waals surface area contributed by atoms with Crippen LogP contribution in [0, 0.1) is 0 Å². The third-order valence-corrected chi connectivity index (χ3v) is 3.19. The predicted molar refractivity (Wildman–Crippen MR) is 65.0 cm³/mol. The fourth-order valence-electron chi connectivity index (χ4n) is 2.39. The van der Waals surface area contributed by atoms with Crippen molar-refractivity contribution in [1.29, 1.82) is 0 Å². The van der Waals surface area contributed by atoms with E-state index in [0.29, 0.717) is 6.04 Å².